The van der Waals surface area contributed by atoms with Gasteiger partial charge in [0.05, 0.1) is 33.8 Å². The van der Waals surface area contributed by atoms with Crippen LogP contribution >= 0.6 is 34.8 Å². The Balaban J connectivity index is 1.86. The van der Waals surface area contributed by atoms with Gasteiger partial charge >= 0.3 is 12.1 Å². The number of aromatic nitrogens is 3. The standard InChI is InChI=1S/C19H12Cl3F3N4O2/c1-9-5-18(21,22)6-10-13(9)28-16(31-17(10)30)11-7-27-29(8-19(23,24)25)15(11)14-12(20)3-2-4-26-14/h2-7,16H,8H2,1H3. The summed E-state index contributed by atoms with van der Waals surface area (Å²) in [7, 11) is 0. The van der Waals surface area contributed by atoms with Gasteiger partial charge in [0, 0.05) is 6.20 Å². The van der Waals surface area contributed by atoms with Crippen LogP contribution in [0, 0.1) is 0 Å². The fraction of sp³-hybridized carbons (Fsp3) is 0.263. The van der Waals surface area contributed by atoms with Crippen LogP contribution in [-0.2, 0) is 16.1 Å². The number of rotatable bonds is 3. The molecule has 0 fully saturated rings. The fourth-order valence-electron chi connectivity index (χ4n) is 3.33. The van der Waals surface area contributed by atoms with Crippen molar-refractivity contribution in [2.24, 2.45) is 4.99 Å². The molecule has 1 atom stereocenters. The smallest absolute Gasteiger partial charge is 0.408 e. The molecular formula is C19H12Cl3F3N4O2. The van der Waals surface area contributed by atoms with Crippen molar-refractivity contribution in [2.75, 3.05) is 0 Å². The van der Waals surface area contributed by atoms with E-state index in [1.54, 1.807) is 6.92 Å². The Kier molecular flexibility index (Phi) is 5.39. The van der Waals surface area contributed by atoms with Gasteiger partial charge < -0.3 is 4.74 Å². The molecule has 0 spiro atoms. The average molecular weight is 492 g/mol. The molecule has 162 valence electrons. The van der Waals surface area contributed by atoms with Crippen molar-refractivity contribution in [1.29, 1.82) is 0 Å². The first-order valence-electron chi connectivity index (χ1n) is 8.78. The highest BCUT2D eigenvalue weighted by atomic mass is 35.5. The Labute approximate surface area is 189 Å². The van der Waals surface area contributed by atoms with E-state index in [2.05, 4.69) is 15.1 Å². The fourth-order valence-corrected chi connectivity index (χ4v) is 4.09. The molecule has 12 heteroatoms. The largest absolute Gasteiger partial charge is 0.432 e. The quantitative estimate of drug-likeness (QED) is 0.436. The zero-order valence-electron chi connectivity index (χ0n) is 15.6. The van der Waals surface area contributed by atoms with E-state index in [0.29, 0.717) is 10.3 Å². The first kappa shape index (κ1) is 21.9. The highest BCUT2D eigenvalue weighted by molar-refractivity contribution is 6.53. The minimum Gasteiger partial charge on any atom is -0.432 e. The molecule has 2 aromatic heterocycles. The first-order valence-corrected chi connectivity index (χ1v) is 9.91. The first-order chi connectivity index (χ1) is 14.5. The number of hydrogen-bond donors (Lipinski definition) is 0. The Morgan fingerprint density at radius 3 is 2.71 bits per heavy atom. The van der Waals surface area contributed by atoms with E-state index in [1.807, 2.05) is 0 Å². The van der Waals surface area contributed by atoms with Crippen molar-refractivity contribution in [3.63, 3.8) is 0 Å². The third-order valence-electron chi connectivity index (χ3n) is 4.50. The lowest BCUT2D eigenvalue weighted by Gasteiger charge is -2.28. The van der Waals surface area contributed by atoms with Crippen LogP contribution in [0.15, 0.2) is 52.8 Å². The van der Waals surface area contributed by atoms with Crippen molar-refractivity contribution in [3.8, 4) is 11.4 Å². The number of cyclic esters (lactones) is 1. The van der Waals surface area contributed by atoms with E-state index < -0.39 is 29.3 Å². The predicted molar refractivity (Wildman–Crippen MR) is 109 cm³/mol. The van der Waals surface area contributed by atoms with Crippen LogP contribution in [0.2, 0.25) is 5.02 Å². The van der Waals surface area contributed by atoms with Crippen molar-refractivity contribution >= 4 is 46.5 Å². The molecule has 0 saturated carbocycles. The van der Waals surface area contributed by atoms with Gasteiger partial charge in [-0.1, -0.05) is 34.8 Å². The molecule has 1 unspecified atom stereocenters. The van der Waals surface area contributed by atoms with Gasteiger partial charge in [-0.2, -0.15) is 18.3 Å². The summed E-state index contributed by atoms with van der Waals surface area (Å²) >= 11 is 18.4. The Morgan fingerprint density at radius 2 is 2.03 bits per heavy atom. The van der Waals surface area contributed by atoms with Crippen LogP contribution < -0.4 is 0 Å². The average Bonchev–Trinajstić information content (AvgIpc) is 3.03. The van der Waals surface area contributed by atoms with Gasteiger partial charge in [0.25, 0.3) is 0 Å². The van der Waals surface area contributed by atoms with Gasteiger partial charge in [0.15, 0.2) is 4.33 Å². The number of halogens is 6. The van der Waals surface area contributed by atoms with Gasteiger partial charge in [-0.3, -0.25) is 9.67 Å². The molecule has 1 aliphatic carbocycles. The van der Waals surface area contributed by atoms with E-state index in [9.17, 15) is 18.0 Å². The number of alkyl halides is 5. The van der Waals surface area contributed by atoms with E-state index in [-0.39, 0.29) is 33.3 Å². The highest BCUT2D eigenvalue weighted by Gasteiger charge is 2.39. The highest BCUT2D eigenvalue weighted by Crippen LogP contribution is 2.40. The maximum absolute atomic E-state index is 13.1. The van der Waals surface area contributed by atoms with Gasteiger partial charge in [-0.15, -0.1) is 0 Å². The van der Waals surface area contributed by atoms with Gasteiger partial charge in [0.1, 0.15) is 12.2 Å². The van der Waals surface area contributed by atoms with Crippen molar-refractivity contribution in [2.45, 2.75) is 30.2 Å². The summed E-state index contributed by atoms with van der Waals surface area (Å²) < 4.78 is 44.1. The maximum atomic E-state index is 13.1. The molecule has 0 saturated heterocycles. The summed E-state index contributed by atoms with van der Waals surface area (Å²) in [6.45, 7) is 0.266. The molecule has 31 heavy (non-hydrogen) atoms. The van der Waals surface area contributed by atoms with Crippen LogP contribution in [-0.4, -0.2) is 37.0 Å². The molecule has 6 nitrogen and oxygen atoms in total. The number of hydrogen-bond acceptors (Lipinski definition) is 5. The second-order valence-electron chi connectivity index (χ2n) is 6.85. The van der Waals surface area contributed by atoms with Crippen molar-refractivity contribution in [3.05, 3.63) is 58.4 Å². The summed E-state index contributed by atoms with van der Waals surface area (Å²) in [5, 5.41) is 3.93. The number of ether oxygens (including phenoxy) is 1. The molecule has 3 heterocycles. The number of esters is 1. The number of allylic oxidation sites excluding steroid dienone is 3. The minimum atomic E-state index is -4.56. The predicted octanol–water partition coefficient (Wildman–Crippen LogP) is 5.22. The number of fused-ring (bicyclic) bond motifs is 1. The minimum absolute atomic E-state index is 0.0509. The van der Waals surface area contributed by atoms with E-state index in [1.165, 1.54) is 30.5 Å². The van der Waals surface area contributed by atoms with Crippen LogP contribution in [0.1, 0.15) is 18.7 Å². The molecule has 0 aromatic carbocycles. The lowest BCUT2D eigenvalue weighted by atomic mass is 9.95. The molecule has 2 aliphatic rings. The van der Waals surface area contributed by atoms with Gasteiger partial charge in [-0.05, 0) is 36.8 Å². The second kappa shape index (κ2) is 7.65. The third-order valence-corrected chi connectivity index (χ3v) is 5.25. The number of carbonyl (C=O) groups excluding carboxylic acids is 1. The SMILES string of the molecule is CC1=CC(Cl)(Cl)C=C2C(=O)OC(c3cnn(CC(F)(F)F)c3-c3ncccc3Cl)N=C12. The summed E-state index contributed by atoms with van der Waals surface area (Å²) in [5.41, 5.74) is 0.963. The lowest BCUT2D eigenvalue weighted by molar-refractivity contribution is -0.145. The van der Waals surface area contributed by atoms with Gasteiger partial charge in [-0.25, -0.2) is 9.79 Å². The Morgan fingerprint density at radius 1 is 1.29 bits per heavy atom. The number of aliphatic imine (C=N–C) groups is 1. The maximum Gasteiger partial charge on any atom is 0.408 e. The molecular weight excluding hydrogens is 480 g/mol. The Bertz CT molecular complexity index is 1170. The van der Waals surface area contributed by atoms with Crippen LogP contribution in [0.5, 0.6) is 0 Å². The van der Waals surface area contributed by atoms with E-state index >= 15 is 0 Å². The zero-order valence-corrected chi connectivity index (χ0v) is 17.9. The molecule has 1 aliphatic heterocycles. The molecule has 0 N–H and O–H groups in total. The van der Waals surface area contributed by atoms with Crippen LogP contribution in [0.25, 0.3) is 11.4 Å². The summed E-state index contributed by atoms with van der Waals surface area (Å²) in [4.78, 5) is 21.1. The zero-order chi connectivity index (χ0) is 22.6. The molecule has 0 bridgehead atoms. The third kappa shape index (κ3) is 4.35. The normalized spacial score (nSPS) is 20.4. The molecule has 0 radical (unpaired) electrons. The molecule has 2 aromatic rings. The van der Waals surface area contributed by atoms with Crippen molar-refractivity contribution in [1.82, 2.24) is 14.8 Å². The Hall–Kier alpha value is -2.36. The van der Waals surface area contributed by atoms with Crippen molar-refractivity contribution < 1.29 is 22.7 Å². The monoisotopic (exact) mass is 490 g/mol. The summed E-state index contributed by atoms with van der Waals surface area (Å²) in [5.74, 6) is -0.769. The number of pyridine rings is 1. The number of nitrogens with zero attached hydrogens (tertiary/aromatic N) is 4. The molecule has 0 amide bonds. The molecule has 4 rings (SSSR count). The van der Waals surface area contributed by atoms with E-state index in [4.69, 9.17) is 39.5 Å². The van der Waals surface area contributed by atoms with Crippen LogP contribution in [0.3, 0.4) is 0 Å². The van der Waals surface area contributed by atoms with Crippen LogP contribution in [0.4, 0.5) is 13.2 Å². The second-order valence-corrected chi connectivity index (χ2v) is 8.70. The van der Waals surface area contributed by atoms with E-state index in [0.717, 1.165) is 6.20 Å². The summed E-state index contributed by atoms with van der Waals surface area (Å²) in [6.07, 6.45) is -0.502. The summed E-state index contributed by atoms with van der Waals surface area (Å²) in [6, 6.07) is 3.02. The number of carbonyl (C=O) groups is 1. The van der Waals surface area contributed by atoms with Gasteiger partial charge in [0.2, 0.25) is 6.23 Å². The topological polar surface area (TPSA) is 69.4 Å². The lowest BCUT2D eigenvalue weighted by Crippen LogP contribution is -2.30.